The van der Waals surface area contributed by atoms with Gasteiger partial charge in [0.2, 0.25) is 0 Å². The van der Waals surface area contributed by atoms with Crippen LogP contribution in [0.2, 0.25) is 0 Å². The van der Waals surface area contributed by atoms with E-state index in [4.69, 9.17) is 4.74 Å². The molecule has 1 rings (SSSR count). The maximum absolute atomic E-state index is 11.6. The van der Waals surface area contributed by atoms with E-state index in [0.29, 0.717) is 18.0 Å². The van der Waals surface area contributed by atoms with Crippen molar-refractivity contribution in [3.8, 4) is 5.75 Å². The molecule has 0 unspecified atom stereocenters. The summed E-state index contributed by atoms with van der Waals surface area (Å²) < 4.78 is 5.15. The molecule has 2 amide bonds. The van der Waals surface area contributed by atoms with Gasteiger partial charge in [-0.05, 0) is 31.6 Å². The average molecular weight is 251 g/mol. The quantitative estimate of drug-likeness (QED) is 0.648. The highest BCUT2D eigenvalue weighted by molar-refractivity contribution is 5.90. The molecule has 5 nitrogen and oxygen atoms in total. The van der Waals surface area contributed by atoms with Crippen LogP contribution in [0.5, 0.6) is 5.75 Å². The van der Waals surface area contributed by atoms with E-state index in [1.807, 2.05) is 12.1 Å². The number of amides is 2. The average Bonchev–Trinajstić information content (AvgIpc) is 2.39. The first-order valence-corrected chi connectivity index (χ1v) is 6.16. The first-order chi connectivity index (χ1) is 8.77. The molecule has 1 aromatic rings. The second kappa shape index (κ2) is 8.36. The summed E-state index contributed by atoms with van der Waals surface area (Å²) in [6.07, 6.45) is 0.910. The molecular formula is C13H21N3O2. The van der Waals surface area contributed by atoms with Crippen LogP contribution in [0.4, 0.5) is 10.5 Å². The van der Waals surface area contributed by atoms with E-state index in [1.54, 1.807) is 19.2 Å². The van der Waals surface area contributed by atoms with Crippen molar-refractivity contribution in [1.82, 2.24) is 10.6 Å². The molecule has 0 fully saturated rings. The van der Waals surface area contributed by atoms with Gasteiger partial charge in [-0.25, -0.2) is 4.79 Å². The molecule has 5 heteroatoms. The highest BCUT2D eigenvalue weighted by Gasteiger charge is 2.05. The van der Waals surface area contributed by atoms with Crippen molar-refractivity contribution in [2.45, 2.75) is 13.3 Å². The standard InChI is InChI=1S/C13H21N3O2/c1-3-14-9-6-10-15-13(17)16-11-7-4-5-8-12(11)18-2/h4-5,7-8,14H,3,6,9-10H2,1-2H3,(H2,15,16,17). The molecule has 0 saturated heterocycles. The lowest BCUT2D eigenvalue weighted by molar-refractivity contribution is 0.252. The van der Waals surface area contributed by atoms with Gasteiger partial charge in [0.25, 0.3) is 0 Å². The van der Waals surface area contributed by atoms with Gasteiger partial charge < -0.3 is 20.7 Å². The second-order valence-corrected chi connectivity index (χ2v) is 3.79. The Bertz CT molecular complexity index is 369. The van der Waals surface area contributed by atoms with Crippen molar-refractivity contribution in [1.29, 1.82) is 0 Å². The number of ether oxygens (including phenoxy) is 1. The minimum absolute atomic E-state index is 0.212. The Morgan fingerprint density at radius 1 is 1.28 bits per heavy atom. The molecule has 1 aromatic carbocycles. The Kier molecular flexibility index (Phi) is 6.64. The summed E-state index contributed by atoms with van der Waals surface area (Å²) in [4.78, 5) is 11.6. The van der Waals surface area contributed by atoms with E-state index in [2.05, 4.69) is 22.9 Å². The van der Waals surface area contributed by atoms with Crippen LogP contribution in [0.15, 0.2) is 24.3 Å². The summed E-state index contributed by atoms with van der Waals surface area (Å²) in [6, 6.07) is 7.11. The Morgan fingerprint density at radius 3 is 2.78 bits per heavy atom. The molecule has 18 heavy (non-hydrogen) atoms. The summed E-state index contributed by atoms with van der Waals surface area (Å²) in [5.41, 5.74) is 0.671. The second-order valence-electron chi connectivity index (χ2n) is 3.79. The number of hydrogen-bond acceptors (Lipinski definition) is 3. The van der Waals surface area contributed by atoms with E-state index in [-0.39, 0.29) is 6.03 Å². The lowest BCUT2D eigenvalue weighted by Gasteiger charge is -2.10. The minimum atomic E-state index is -0.212. The predicted molar refractivity (Wildman–Crippen MR) is 73.2 cm³/mol. The number of rotatable bonds is 7. The van der Waals surface area contributed by atoms with Crippen molar-refractivity contribution >= 4 is 11.7 Å². The third-order valence-electron chi connectivity index (χ3n) is 2.42. The van der Waals surface area contributed by atoms with Crippen LogP contribution in [0.1, 0.15) is 13.3 Å². The number of benzene rings is 1. The van der Waals surface area contributed by atoms with Gasteiger partial charge in [-0.3, -0.25) is 0 Å². The molecular weight excluding hydrogens is 230 g/mol. The highest BCUT2D eigenvalue weighted by atomic mass is 16.5. The van der Waals surface area contributed by atoms with Crippen LogP contribution in [-0.2, 0) is 0 Å². The number of methoxy groups -OCH3 is 1. The van der Waals surface area contributed by atoms with Gasteiger partial charge in [-0.1, -0.05) is 19.1 Å². The van der Waals surface area contributed by atoms with E-state index < -0.39 is 0 Å². The minimum Gasteiger partial charge on any atom is -0.495 e. The van der Waals surface area contributed by atoms with Crippen molar-refractivity contribution < 1.29 is 9.53 Å². The van der Waals surface area contributed by atoms with Crippen LogP contribution in [-0.4, -0.2) is 32.8 Å². The maximum Gasteiger partial charge on any atom is 0.319 e. The smallest absolute Gasteiger partial charge is 0.319 e. The predicted octanol–water partition coefficient (Wildman–Crippen LogP) is 1.82. The largest absolute Gasteiger partial charge is 0.495 e. The van der Waals surface area contributed by atoms with Crippen molar-refractivity contribution in [3.63, 3.8) is 0 Å². The summed E-state index contributed by atoms with van der Waals surface area (Å²) in [5.74, 6) is 0.653. The number of hydrogen-bond donors (Lipinski definition) is 3. The zero-order valence-electron chi connectivity index (χ0n) is 11.0. The third kappa shape index (κ3) is 5.05. The SMILES string of the molecule is CCNCCCNC(=O)Nc1ccccc1OC. The van der Waals surface area contributed by atoms with Gasteiger partial charge in [0, 0.05) is 6.54 Å². The fourth-order valence-corrected chi connectivity index (χ4v) is 1.51. The summed E-state index contributed by atoms with van der Waals surface area (Å²) in [5, 5.41) is 8.75. The van der Waals surface area contributed by atoms with Gasteiger partial charge in [0.15, 0.2) is 0 Å². The maximum atomic E-state index is 11.6. The molecule has 0 heterocycles. The number of urea groups is 1. The van der Waals surface area contributed by atoms with Crippen molar-refractivity contribution in [3.05, 3.63) is 24.3 Å². The molecule has 0 atom stereocenters. The Balaban J connectivity index is 2.31. The van der Waals surface area contributed by atoms with Crippen LogP contribution in [0, 0.1) is 0 Å². The topological polar surface area (TPSA) is 62.4 Å². The monoisotopic (exact) mass is 251 g/mol. The molecule has 0 bridgehead atoms. The van der Waals surface area contributed by atoms with Gasteiger partial charge in [-0.2, -0.15) is 0 Å². The molecule has 0 aliphatic heterocycles. The Hall–Kier alpha value is -1.75. The molecule has 0 aromatic heterocycles. The van der Waals surface area contributed by atoms with Gasteiger partial charge >= 0.3 is 6.03 Å². The Labute approximate surface area is 108 Å². The van der Waals surface area contributed by atoms with Gasteiger partial charge in [-0.15, -0.1) is 0 Å². The van der Waals surface area contributed by atoms with Gasteiger partial charge in [0.05, 0.1) is 12.8 Å². The van der Waals surface area contributed by atoms with Crippen LogP contribution in [0.3, 0.4) is 0 Å². The highest BCUT2D eigenvalue weighted by Crippen LogP contribution is 2.22. The molecule has 0 aliphatic carbocycles. The van der Waals surface area contributed by atoms with E-state index in [9.17, 15) is 4.79 Å². The fraction of sp³-hybridized carbons (Fsp3) is 0.462. The summed E-state index contributed by atoms with van der Waals surface area (Å²) >= 11 is 0. The van der Waals surface area contributed by atoms with Crippen LogP contribution < -0.4 is 20.7 Å². The van der Waals surface area contributed by atoms with Gasteiger partial charge in [0.1, 0.15) is 5.75 Å². The lowest BCUT2D eigenvalue weighted by Crippen LogP contribution is -2.31. The van der Waals surface area contributed by atoms with Crippen LogP contribution >= 0.6 is 0 Å². The first kappa shape index (κ1) is 14.3. The number of carbonyl (C=O) groups excluding carboxylic acids is 1. The molecule has 3 N–H and O–H groups in total. The fourth-order valence-electron chi connectivity index (χ4n) is 1.51. The molecule has 0 spiro atoms. The number of nitrogens with one attached hydrogen (secondary N) is 3. The summed E-state index contributed by atoms with van der Waals surface area (Å²) in [7, 11) is 1.58. The number of carbonyl (C=O) groups is 1. The van der Waals surface area contributed by atoms with E-state index in [0.717, 1.165) is 19.5 Å². The number of anilines is 1. The van der Waals surface area contributed by atoms with Crippen LogP contribution in [0.25, 0.3) is 0 Å². The van der Waals surface area contributed by atoms with E-state index in [1.165, 1.54) is 0 Å². The first-order valence-electron chi connectivity index (χ1n) is 6.16. The van der Waals surface area contributed by atoms with Crippen molar-refractivity contribution in [2.24, 2.45) is 0 Å². The zero-order valence-corrected chi connectivity index (χ0v) is 11.0. The summed E-state index contributed by atoms with van der Waals surface area (Å²) in [6.45, 7) is 4.56. The number of para-hydroxylation sites is 2. The lowest BCUT2D eigenvalue weighted by atomic mass is 10.3. The molecule has 0 saturated carbocycles. The normalized spacial score (nSPS) is 9.89. The third-order valence-corrected chi connectivity index (χ3v) is 2.42. The molecule has 0 radical (unpaired) electrons. The zero-order chi connectivity index (χ0) is 13.2. The van der Waals surface area contributed by atoms with Crippen molar-refractivity contribution in [2.75, 3.05) is 32.1 Å². The Morgan fingerprint density at radius 2 is 2.06 bits per heavy atom. The molecule has 100 valence electrons. The molecule has 0 aliphatic rings. The van der Waals surface area contributed by atoms with E-state index >= 15 is 0 Å².